The number of rotatable bonds is 3. The number of fused-ring (bicyclic) bond motifs is 1. The summed E-state index contributed by atoms with van der Waals surface area (Å²) in [6.45, 7) is 3.53. The standard InChI is InChI=1S/C22H28N4O2S/c1-15-8-4-6-12-22(15)20(27)26(21(28)24-22)14-25-13-7-5-10-17(25)19-23-16-9-2-3-11-18(16)29-19/h2-3,9,11,15,17H,4-8,10,12-14H2,1H3,(H,24,28)/p+1/t15-,17-,22+/m1/s1. The molecule has 3 amide bonds. The van der Waals surface area contributed by atoms with E-state index in [0.717, 1.165) is 55.6 Å². The van der Waals surface area contributed by atoms with Gasteiger partial charge in [-0.25, -0.2) is 14.7 Å². The van der Waals surface area contributed by atoms with E-state index in [-0.39, 0.29) is 23.9 Å². The highest BCUT2D eigenvalue weighted by Crippen LogP contribution is 2.38. The molecule has 4 atom stereocenters. The van der Waals surface area contributed by atoms with Gasteiger partial charge in [-0.15, -0.1) is 11.3 Å². The number of carbonyl (C=O) groups is 2. The Morgan fingerprint density at radius 2 is 2.03 bits per heavy atom. The van der Waals surface area contributed by atoms with Crippen molar-refractivity contribution in [2.75, 3.05) is 13.2 Å². The first-order chi connectivity index (χ1) is 14.1. The number of quaternary nitrogens is 1. The second-order valence-corrected chi connectivity index (χ2v) is 9.98. The van der Waals surface area contributed by atoms with Crippen LogP contribution < -0.4 is 10.2 Å². The number of aromatic nitrogens is 1. The minimum atomic E-state index is -0.671. The Kier molecular flexibility index (Phi) is 4.82. The van der Waals surface area contributed by atoms with Crippen molar-refractivity contribution in [1.29, 1.82) is 0 Å². The van der Waals surface area contributed by atoms with Gasteiger partial charge < -0.3 is 10.2 Å². The third-order valence-corrected chi connectivity index (χ3v) is 8.35. The molecule has 5 rings (SSSR count). The van der Waals surface area contributed by atoms with Gasteiger partial charge in [0.1, 0.15) is 11.6 Å². The van der Waals surface area contributed by atoms with Gasteiger partial charge >= 0.3 is 6.03 Å². The predicted octanol–water partition coefficient (Wildman–Crippen LogP) is 2.86. The van der Waals surface area contributed by atoms with Crippen molar-refractivity contribution in [3.63, 3.8) is 0 Å². The lowest BCUT2D eigenvalue weighted by atomic mass is 9.73. The zero-order valence-electron chi connectivity index (χ0n) is 16.9. The van der Waals surface area contributed by atoms with Crippen LogP contribution in [0.15, 0.2) is 24.3 Å². The smallest absolute Gasteiger partial charge is 0.323 e. The largest absolute Gasteiger partial charge is 0.329 e. The lowest BCUT2D eigenvalue weighted by Gasteiger charge is -2.37. The summed E-state index contributed by atoms with van der Waals surface area (Å²) in [6.07, 6.45) is 7.28. The van der Waals surface area contributed by atoms with Crippen LogP contribution >= 0.6 is 11.3 Å². The van der Waals surface area contributed by atoms with Crippen LogP contribution in [0.5, 0.6) is 0 Å². The fourth-order valence-electron chi connectivity index (χ4n) is 5.45. The van der Waals surface area contributed by atoms with Crippen molar-refractivity contribution in [3.05, 3.63) is 29.3 Å². The maximum absolute atomic E-state index is 13.4. The normalized spacial score (nSPS) is 32.9. The molecule has 1 unspecified atom stereocenters. The molecular weight excluding hydrogens is 384 g/mol. The van der Waals surface area contributed by atoms with Crippen LogP contribution in [-0.4, -0.2) is 40.6 Å². The molecule has 1 spiro atoms. The van der Waals surface area contributed by atoms with Gasteiger partial charge in [0.25, 0.3) is 5.91 Å². The van der Waals surface area contributed by atoms with Crippen molar-refractivity contribution in [3.8, 4) is 0 Å². The average molecular weight is 414 g/mol. The van der Waals surface area contributed by atoms with E-state index in [1.54, 1.807) is 11.3 Å². The van der Waals surface area contributed by atoms with Crippen molar-refractivity contribution in [2.24, 2.45) is 5.92 Å². The summed E-state index contributed by atoms with van der Waals surface area (Å²) in [4.78, 5) is 33.9. The van der Waals surface area contributed by atoms with Crippen LogP contribution in [-0.2, 0) is 4.79 Å². The molecule has 2 saturated heterocycles. The summed E-state index contributed by atoms with van der Waals surface area (Å²) in [5.41, 5.74) is 0.373. The van der Waals surface area contributed by atoms with E-state index in [1.165, 1.54) is 20.9 Å². The highest BCUT2D eigenvalue weighted by atomic mass is 32.1. The van der Waals surface area contributed by atoms with Crippen molar-refractivity contribution >= 4 is 33.5 Å². The Morgan fingerprint density at radius 1 is 1.21 bits per heavy atom. The van der Waals surface area contributed by atoms with Gasteiger partial charge in [-0.1, -0.05) is 31.9 Å². The van der Waals surface area contributed by atoms with E-state index in [1.807, 2.05) is 12.1 Å². The molecule has 0 bridgehead atoms. The molecule has 7 heteroatoms. The number of hydrogen-bond acceptors (Lipinski definition) is 4. The maximum atomic E-state index is 13.4. The molecule has 0 radical (unpaired) electrons. The molecule has 29 heavy (non-hydrogen) atoms. The predicted molar refractivity (Wildman–Crippen MR) is 113 cm³/mol. The number of likely N-dealkylation sites (tertiary alicyclic amines) is 1. The number of imide groups is 1. The van der Waals surface area contributed by atoms with E-state index in [2.05, 4.69) is 24.4 Å². The molecule has 1 aromatic carbocycles. The first-order valence-corrected chi connectivity index (χ1v) is 11.7. The van der Waals surface area contributed by atoms with Gasteiger partial charge in [0.2, 0.25) is 0 Å². The third-order valence-electron chi connectivity index (χ3n) is 7.20. The Hall–Kier alpha value is -1.99. The lowest BCUT2D eigenvalue weighted by molar-refractivity contribution is -0.943. The SMILES string of the molecule is C[C@@H]1CCCC[C@]12NC(=O)N(C[NH+]1CCCC[C@@H]1c1nc3ccccc3s1)C2=O. The molecule has 3 fully saturated rings. The number of amides is 3. The van der Waals surface area contributed by atoms with Crippen molar-refractivity contribution < 1.29 is 14.5 Å². The molecule has 2 aliphatic heterocycles. The second kappa shape index (κ2) is 7.36. The molecule has 1 saturated carbocycles. The van der Waals surface area contributed by atoms with E-state index < -0.39 is 5.54 Å². The number of para-hydroxylation sites is 1. The molecule has 2 N–H and O–H groups in total. The number of nitrogens with zero attached hydrogens (tertiary/aromatic N) is 2. The molecule has 2 aromatic rings. The van der Waals surface area contributed by atoms with Gasteiger partial charge in [0.05, 0.1) is 16.8 Å². The van der Waals surface area contributed by atoms with Gasteiger partial charge in [-0.3, -0.25) is 4.79 Å². The van der Waals surface area contributed by atoms with Crippen LogP contribution in [0.25, 0.3) is 10.2 Å². The average Bonchev–Trinajstić information content (AvgIpc) is 3.26. The maximum Gasteiger partial charge on any atom is 0.329 e. The number of thiazole rings is 1. The first-order valence-electron chi connectivity index (χ1n) is 10.9. The summed E-state index contributed by atoms with van der Waals surface area (Å²) in [6, 6.07) is 8.30. The van der Waals surface area contributed by atoms with Crippen LogP contribution in [0.1, 0.15) is 62.9 Å². The molecule has 1 aliphatic carbocycles. The van der Waals surface area contributed by atoms with E-state index in [9.17, 15) is 9.59 Å². The van der Waals surface area contributed by atoms with E-state index >= 15 is 0 Å². The van der Waals surface area contributed by atoms with Gasteiger partial charge in [-0.2, -0.15) is 0 Å². The van der Waals surface area contributed by atoms with Crippen LogP contribution in [0.3, 0.4) is 0 Å². The summed E-state index contributed by atoms with van der Waals surface area (Å²) in [7, 11) is 0. The first kappa shape index (κ1) is 19.0. The monoisotopic (exact) mass is 413 g/mol. The number of urea groups is 1. The van der Waals surface area contributed by atoms with Crippen molar-refractivity contribution in [2.45, 2.75) is 63.5 Å². The highest BCUT2D eigenvalue weighted by molar-refractivity contribution is 7.18. The Morgan fingerprint density at radius 3 is 2.86 bits per heavy atom. The third kappa shape index (κ3) is 3.15. The Labute approximate surface area is 175 Å². The zero-order valence-corrected chi connectivity index (χ0v) is 17.8. The van der Waals surface area contributed by atoms with E-state index in [0.29, 0.717) is 6.67 Å². The lowest BCUT2D eigenvalue weighted by Crippen LogP contribution is -3.14. The van der Waals surface area contributed by atoms with Crippen molar-refractivity contribution in [1.82, 2.24) is 15.2 Å². The fourth-order valence-corrected chi connectivity index (χ4v) is 6.61. The van der Waals surface area contributed by atoms with Gasteiger partial charge in [0, 0.05) is 6.42 Å². The number of hydrogen-bond donors (Lipinski definition) is 2. The van der Waals surface area contributed by atoms with Crippen LogP contribution in [0.4, 0.5) is 4.79 Å². The Bertz CT molecular complexity index is 911. The summed E-state index contributed by atoms with van der Waals surface area (Å²) < 4.78 is 1.21. The zero-order chi connectivity index (χ0) is 20.0. The summed E-state index contributed by atoms with van der Waals surface area (Å²) in [5, 5.41) is 4.23. The van der Waals surface area contributed by atoms with Gasteiger partial charge in [-0.05, 0) is 43.7 Å². The van der Waals surface area contributed by atoms with Gasteiger partial charge in [0.15, 0.2) is 11.7 Å². The van der Waals surface area contributed by atoms with Crippen LogP contribution in [0.2, 0.25) is 0 Å². The molecule has 154 valence electrons. The minimum Gasteiger partial charge on any atom is -0.323 e. The minimum absolute atomic E-state index is 0.00387. The molecule has 1 aromatic heterocycles. The number of carbonyl (C=O) groups excluding carboxylic acids is 2. The van der Waals surface area contributed by atoms with Crippen LogP contribution in [0, 0.1) is 5.92 Å². The number of benzene rings is 1. The second-order valence-electron chi connectivity index (χ2n) is 8.92. The Balaban J connectivity index is 1.39. The molecule has 3 aliphatic rings. The number of nitrogens with one attached hydrogen (secondary N) is 2. The molecular formula is C22H29N4O2S+. The van der Waals surface area contributed by atoms with E-state index in [4.69, 9.17) is 4.98 Å². The number of piperidine rings is 1. The quantitative estimate of drug-likeness (QED) is 0.761. The summed E-state index contributed by atoms with van der Waals surface area (Å²) >= 11 is 1.75. The molecule has 3 heterocycles. The highest BCUT2D eigenvalue weighted by Gasteiger charge is 2.56. The molecule has 6 nitrogen and oxygen atoms in total. The summed E-state index contributed by atoms with van der Waals surface area (Å²) in [5.74, 6) is 0.199. The topological polar surface area (TPSA) is 66.7 Å². The fraction of sp³-hybridized carbons (Fsp3) is 0.591.